The number of benzene rings is 1. The summed E-state index contributed by atoms with van der Waals surface area (Å²) >= 11 is 0. The molecule has 0 heterocycles. The first-order valence-electron chi connectivity index (χ1n) is 2.66. The van der Waals surface area contributed by atoms with Crippen LogP contribution in [0, 0.1) is 0 Å². The van der Waals surface area contributed by atoms with Crippen LogP contribution in [0.5, 0.6) is 11.5 Å². The minimum Gasteiger partial charge on any atom is -0.540 e. The molecule has 0 aliphatic rings. The quantitative estimate of drug-likeness (QED) is 0.349. The van der Waals surface area contributed by atoms with E-state index in [2.05, 4.69) is 14.9 Å². The highest BCUT2D eigenvalue weighted by Gasteiger charge is 1.96. The van der Waals surface area contributed by atoms with E-state index in [1.54, 1.807) is 6.07 Å². The molecule has 0 aromatic heterocycles. The second kappa shape index (κ2) is 2.61. The molecule has 0 unspecified atom stereocenters. The Morgan fingerprint density at radius 2 is 2.20 bits per heavy atom. The fraction of sp³-hybridized carbons (Fsp3) is 0. The van der Waals surface area contributed by atoms with Gasteiger partial charge in [-0.1, -0.05) is 0 Å². The molecule has 51 valence electrons. The molecule has 0 fully saturated rings. The highest BCUT2D eigenvalue weighted by molar-refractivity contribution is 6.00. The lowest BCUT2D eigenvalue weighted by atomic mass is 10.3. The molecule has 1 aromatic rings. The van der Waals surface area contributed by atoms with Crippen LogP contribution in [0.2, 0.25) is 0 Å². The van der Waals surface area contributed by atoms with Gasteiger partial charge in [-0.2, -0.15) is 0 Å². The van der Waals surface area contributed by atoms with Gasteiger partial charge in [0.05, 0.1) is 5.69 Å². The molecule has 3 N–H and O–H groups in total. The maximum absolute atomic E-state index is 8.94. The number of phenolic OH excluding ortho intramolecular Hbond substituents is 1. The third-order valence-electron chi connectivity index (χ3n) is 1.12. The van der Waals surface area contributed by atoms with Gasteiger partial charge in [-0.3, -0.25) is 0 Å². The van der Waals surface area contributed by atoms with Crippen molar-refractivity contribution in [1.29, 1.82) is 0 Å². The highest BCUT2D eigenvalue weighted by atomic mass is 28.2. The first kappa shape index (κ1) is 6.95. The van der Waals surface area contributed by atoms with Crippen LogP contribution in [0.15, 0.2) is 18.2 Å². The molecule has 0 bridgehead atoms. The Morgan fingerprint density at radius 3 is 2.70 bits per heavy atom. The number of phenols is 1. The summed E-state index contributed by atoms with van der Waals surface area (Å²) in [7, 11) is 2.82. The van der Waals surface area contributed by atoms with Gasteiger partial charge in [-0.05, 0) is 12.1 Å². The minimum atomic E-state index is 0.0625. The summed E-state index contributed by atoms with van der Waals surface area (Å²) in [6.45, 7) is 0. The Balaban J connectivity index is 3.04. The average Bonchev–Trinajstić information content (AvgIpc) is 1.95. The minimum absolute atomic E-state index is 0.0625. The largest absolute Gasteiger partial charge is 0.540 e. The maximum Gasteiger partial charge on any atom is 0.341 e. The van der Waals surface area contributed by atoms with Crippen molar-refractivity contribution in [1.82, 2.24) is 0 Å². The third-order valence-corrected chi connectivity index (χ3v) is 1.35. The lowest BCUT2D eigenvalue weighted by Crippen LogP contribution is -1.88. The zero-order valence-electron chi connectivity index (χ0n) is 5.16. The fourth-order valence-corrected chi connectivity index (χ4v) is 0.723. The van der Waals surface area contributed by atoms with Crippen molar-refractivity contribution in [2.45, 2.75) is 0 Å². The predicted molar refractivity (Wildman–Crippen MR) is 38.9 cm³/mol. The van der Waals surface area contributed by atoms with Crippen molar-refractivity contribution in [3.05, 3.63) is 18.2 Å². The fourth-order valence-electron chi connectivity index (χ4n) is 0.596. The molecule has 3 nitrogen and oxygen atoms in total. The number of anilines is 1. The van der Waals surface area contributed by atoms with Crippen LogP contribution in [0.1, 0.15) is 0 Å². The average molecular weight is 152 g/mol. The molecule has 0 saturated carbocycles. The van der Waals surface area contributed by atoms with Gasteiger partial charge in [-0.15, -0.1) is 0 Å². The first-order valence-corrected chi connectivity index (χ1v) is 3.07. The van der Waals surface area contributed by atoms with E-state index < -0.39 is 0 Å². The van der Waals surface area contributed by atoms with Gasteiger partial charge in [0, 0.05) is 6.07 Å². The highest BCUT2D eigenvalue weighted by Crippen LogP contribution is 2.23. The monoisotopic (exact) mass is 152 g/mol. The number of aromatic hydroxyl groups is 1. The zero-order chi connectivity index (χ0) is 7.56. The molecule has 1 rings (SSSR count). The van der Waals surface area contributed by atoms with Gasteiger partial charge in [0.15, 0.2) is 0 Å². The van der Waals surface area contributed by atoms with E-state index in [0.29, 0.717) is 11.4 Å². The van der Waals surface area contributed by atoms with E-state index >= 15 is 0 Å². The van der Waals surface area contributed by atoms with Crippen LogP contribution in [0.3, 0.4) is 0 Å². The molecule has 0 saturated heterocycles. The second-order valence-electron chi connectivity index (χ2n) is 1.82. The van der Waals surface area contributed by atoms with E-state index in [0.717, 1.165) is 0 Å². The van der Waals surface area contributed by atoms with Crippen molar-refractivity contribution in [3.63, 3.8) is 0 Å². The molecule has 4 heteroatoms. The summed E-state index contributed by atoms with van der Waals surface area (Å²) in [6.07, 6.45) is 0. The summed E-state index contributed by atoms with van der Waals surface area (Å²) in [5.41, 5.74) is 5.65. The van der Waals surface area contributed by atoms with Gasteiger partial charge in [0.1, 0.15) is 11.5 Å². The number of hydrogen-bond acceptors (Lipinski definition) is 3. The smallest absolute Gasteiger partial charge is 0.341 e. The Hall–Kier alpha value is -1.16. The van der Waals surface area contributed by atoms with Crippen molar-refractivity contribution in [2.24, 2.45) is 0 Å². The number of rotatable bonds is 1. The van der Waals surface area contributed by atoms with Crippen molar-refractivity contribution < 1.29 is 9.53 Å². The molecule has 3 radical (unpaired) electrons. The number of nitrogens with two attached hydrogens (primary N) is 1. The summed E-state index contributed by atoms with van der Waals surface area (Å²) in [5, 5.41) is 8.94. The van der Waals surface area contributed by atoms with Gasteiger partial charge >= 0.3 is 10.5 Å². The van der Waals surface area contributed by atoms with Crippen LogP contribution in [0.4, 0.5) is 5.69 Å². The zero-order valence-corrected chi connectivity index (χ0v) is 6.16. The molecular formula is C6H6NO2Si. The summed E-state index contributed by atoms with van der Waals surface area (Å²) in [5.74, 6) is 0.624. The van der Waals surface area contributed by atoms with E-state index in [-0.39, 0.29) is 5.75 Å². The number of hydrogen-bond donors (Lipinski definition) is 2. The van der Waals surface area contributed by atoms with Crippen molar-refractivity contribution >= 4 is 16.2 Å². The third kappa shape index (κ3) is 1.22. The molecule has 0 aliphatic heterocycles. The van der Waals surface area contributed by atoms with Crippen LogP contribution in [-0.2, 0) is 0 Å². The Morgan fingerprint density at radius 1 is 1.50 bits per heavy atom. The second-order valence-corrected chi connectivity index (χ2v) is 2.03. The van der Waals surface area contributed by atoms with E-state index in [1.165, 1.54) is 12.1 Å². The van der Waals surface area contributed by atoms with E-state index in [1.807, 2.05) is 0 Å². The van der Waals surface area contributed by atoms with Crippen LogP contribution >= 0.6 is 0 Å². The van der Waals surface area contributed by atoms with Gasteiger partial charge in [0.2, 0.25) is 0 Å². The Labute approximate surface area is 62.0 Å². The SMILES string of the molecule is Nc1cc(O[Si])ccc1O. The summed E-state index contributed by atoms with van der Waals surface area (Å²) in [6, 6.07) is 4.58. The van der Waals surface area contributed by atoms with Gasteiger partial charge in [0.25, 0.3) is 0 Å². The molecule has 0 atom stereocenters. The lowest BCUT2D eigenvalue weighted by Gasteiger charge is -2.01. The molecule has 0 aliphatic carbocycles. The molecule has 0 amide bonds. The summed E-state index contributed by atoms with van der Waals surface area (Å²) in [4.78, 5) is 0. The van der Waals surface area contributed by atoms with Gasteiger partial charge < -0.3 is 15.3 Å². The first-order chi connectivity index (χ1) is 4.74. The Bertz CT molecular complexity index is 239. The van der Waals surface area contributed by atoms with Crippen molar-refractivity contribution in [2.75, 3.05) is 5.73 Å². The lowest BCUT2D eigenvalue weighted by molar-refractivity contribution is 0.476. The van der Waals surface area contributed by atoms with Crippen LogP contribution in [-0.4, -0.2) is 15.6 Å². The van der Waals surface area contributed by atoms with Gasteiger partial charge in [-0.25, -0.2) is 0 Å². The maximum atomic E-state index is 8.94. The topological polar surface area (TPSA) is 55.5 Å². The normalized spacial score (nSPS) is 9.30. The summed E-state index contributed by atoms with van der Waals surface area (Å²) < 4.78 is 4.66. The predicted octanol–water partition coefficient (Wildman–Crippen LogP) is 0.437. The Kier molecular flexibility index (Phi) is 1.82. The van der Waals surface area contributed by atoms with Crippen LogP contribution in [0.25, 0.3) is 0 Å². The van der Waals surface area contributed by atoms with Crippen molar-refractivity contribution in [3.8, 4) is 11.5 Å². The molecule has 10 heavy (non-hydrogen) atoms. The molecule has 0 spiro atoms. The van der Waals surface area contributed by atoms with E-state index in [4.69, 9.17) is 10.8 Å². The number of nitrogen functional groups attached to an aromatic ring is 1. The molecule has 1 aromatic carbocycles. The standard InChI is InChI=1S/C6H6NO2Si/c7-5-3-4(9-10)1-2-6(5)8/h1-3,8H,7H2. The van der Waals surface area contributed by atoms with E-state index in [9.17, 15) is 0 Å². The van der Waals surface area contributed by atoms with Crippen LogP contribution < -0.4 is 10.2 Å². The molecular weight excluding hydrogens is 146 g/mol.